The Balaban J connectivity index is 2.02. The van der Waals surface area contributed by atoms with E-state index in [9.17, 15) is 0 Å². The van der Waals surface area contributed by atoms with E-state index in [2.05, 4.69) is 10.2 Å². The van der Waals surface area contributed by atoms with Gasteiger partial charge in [0.2, 0.25) is 0 Å². The Bertz CT molecular complexity index is 645. The Kier molecular flexibility index (Phi) is 8.49. The lowest BCUT2D eigenvalue weighted by molar-refractivity contribution is 0.273. The molecule has 0 aliphatic carbocycles. The molecule has 2 aromatic carbocycles. The number of nitrogens with zero attached hydrogens (tertiary/aromatic N) is 2. The van der Waals surface area contributed by atoms with E-state index in [-0.39, 0.29) is 6.61 Å². The van der Waals surface area contributed by atoms with E-state index < -0.39 is 0 Å². The highest BCUT2D eigenvalue weighted by Crippen LogP contribution is 2.33. The van der Waals surface area contributed by atoms with Crippen LogP contribution >= 0.6 is 0 Å². The zero-order chi connectivity index (χ0) is 17.7. The van der Waals surface area contributed by atoms with E-state index in [1.165, 1.54) is 0 Å². The first-order valence-corrected chi connectivity index (χ1v) is 8.80. The fourth-order valence-electron chi connectivity index (χ4n) is 2.30. The first kappa shape index (κ1) is 18.9. The molecule has 2 rings (SSSR count). The highest BCUT2D eigenvalue weighted by molar-refractivity contribution is 5.55. The van der Waals surface area contributed by atoms with Crippen molar-refractivity contribution in [2.24, 2.45) is 10.2 Å². The normalized spacial score (nSPS) is 11.0. The highest BCUT2D eigenvalue weighted by Gasteiger charge is 2.06. The summed E-state index contributed by atoms with van der Waals surface area (Å²) in [6.45, 7) is 3.41. The van der Waals surface area contributed by atoms with Gasteiger partial charge >= 0.3 is 0 Å². The van der Waals surface area contributed by atoms with Gasteiger partial charge in [-0.2, -0.15) is 5.11 Å². The van der Waals surface area contributed by atoms with Gasteiger partial charge in [0.15, 0.2) is 0 Å². The van der Waals surface area contributed by atoms with Crippen molar-refractivity contribution < 1.29 is 14.6 Å². The molecule has 0 saturated carbocycles. The van der Waals surface area contributed by atoms with Crippen molar-refractivity contribution in [3.63, 3.8) is 0 Å². The maximum atomic E-state index is 8.80. The summed E-state index contributed by atoms with van der Waals surface area (Å²) in [6, 6.07) is 15.2. The van der Waals surface area contributed by atoms with Gasteiger partial charge in [0.1, 0.15) is 17.2 Å². The smallest absolute Gasteiger partial charge is 0.150 e. The van der Waals surface area contributed by atoms with Gasteiger partial charge in [-0.25, -0.2) is 0 Å². The number of aliphatic hydroxyl groups excluding tert-OH is 1. The van der Waals surface area contributed by atoms with E-state index in [1.54, 1.807) is 0 Å². The molecular formula is C20H26N2O3. The molecule has 0 saturated heterocycles. The Morgan fingerprint density at radius 1 is 0.880 bits per heavy atom. The zero-order valence-corrected chi connectivity index (χ0v) is 14.7. The number of hydrogen-bond donors (Lipinski definition) is 1. The molecule has 0 unspecified atom stereocenters. The minimum absolute atomic E-state index is 0.251. The van der Waals surface area contributed by atoms with E-state index >= 15 is 0 Å². The topological polar surface area (TPSA) is 63.4 Å². The predicted octanol–water partition coefficient (Wildman–Crippen LogP) is 5.43. The molecule has 0 amide bonds. The Morgan fingerprint density at radius 3 is 2.44 bits per heavy atom. The van der Waals surface area contributed by atoms with E-state index in [0.29, 0.717) is 24.7 Å². The SMILES string of the molecule is CCOc1ccc(N=Nc2ccccc2)c(OCCCCCCO)c1. The van der Waals surface area contributed by atoms with Crippen LogP contribution in [0, 0.1) is 0 Å². The van der Waals surface area contributed by atoms with Gasteiger partial charge in [0, 0.05) is 12.7 Å². The van der Waals surface area contributed by atoms with E-state index in [0.717, 1.165) is 37.1 Å². The lowest BCUT2D eigenvalue weighted by Gasteiger charge is -2.11. The Hall–Kier alpha value is -2.40. The molecule has 1 N–H and O–H groups in total. The van der Waals surface area contributed by atoms with Crippen molar-refractivity contribution in [2.45, 2.75) is 32.6 Å². The summed E-state index contributed by atoms with van der Waals surface area (Å²) in [4.78, 5) is 0. The first-order valence-electron chi connectivity index (χ1n) is 8.80. The second-order valence-electron chi connectivity index (χ2n) is 5.58. The Labute approximate surface area is 149 Å². The van der Waals surface area contributed by atoms with Gasteiger partial charge in [0.05, 0.1) is 18.9 Å². The Morgan fingerprint density at radius 2 is 1.68 bits per heavy atom. The number of ether oxygens (including phenoxy) is 2. The van der Waals surface area contributed by atoms with Crippen LogP contribution in [0.15, 0.2) is 58.8 Å². The van der Waals surface area contributed by atoms with Crippen LogP contribution in [-0.2, 0) is 0 Å². The van der Waals surface area contributed by atoms with Crippen LogP contribution in [0.25, 0.3) is 0 Å². The van der Waals surface area contributed by atoms with Crippen LogP contribution in [0.4, 0.5) is 11.4 Å². The van der Waals surface area contributed by atoms with Gasteiger partial charge in [-0.1, -0.05) is 24.6 Å². The van der Waals surface area contributed by atoms with Gasteiger partial charge in [-0.15, -0.1) is 5.11 Å². The molecule has 0 atom stereocenters. The number of unbranched alkanes of at least 4 members (excludes halogenated alkanes) is 3. The van der Waals surface area contributed by atoms with Gasteiger partial charge < -0.3 is 14.6 Å². The average molecular weight is 342 g/mol. The van der Waals surface area contributed by atoms with Crippen LogP contribution in [0.2, 0.25) is 0 Å². The molecule has 25 heavy (non-hydrogen) atoms. The van der Waals surface area contributed by atoms with Crippen LogP contribution < -0.4 is 9.47 Å². The molecule has 0 aliphatic heterocycles. The molecule has 0 radical (unpaired) electrons. The number of hydrogen-bond acceptors (Lipinski definition) is 5. The third-order valence-electron chi connectivity index (χ3n) is 3.58. The summed E-state index contributed by atoms with van der Waals surface area (Å²) in [7, 11) is 0. The van der Waals surface area contributed by atoms with E-state index in [1.807, 2.05) is 55.5 Å². The van der Waals surface area contributed by atoms with Crippen molar-refractivity contribution >= 4 is 11.4 Å². The minimum Gasteiger partial charge on any atom is -0.494 e. The third-order valence-corrected chi connectivity index (χ3v) is 3.58. The van der Waals surface area contributed by atoms with Crippen LogP contribution in [-0.4, -0.2) is 24.9 Å². The summed E-state index contributed by atoms with van der Waals surface area (Å²) >= 11 is 0. The second kappa shape index (κ2) is 11.2. The second-order valence-corrected chi connectivity index (χ2v) is 5.58. The molecule has 2 aromatic rings. The van der Waals surface area contributed by atoms with Crippen molar-refractivity contribution in [2.75, 3.05) is 19.8 Å². The largest absolute Gasteiger partial charge is 0.494 e. The molecule has 5 heteroatoms. The molecule has 0 spiro atoms. The molecule has 0 aliphatic rings. The molecular weight excluding hydrogens is 316 g/mol. The van der Waals surface area contributed by atoms with Crippen LogP contribution in [0.5, 0.6) is 11.5 Å². The monoisotopic (exact) mass is 342 g/mol. The molecule has 134 valence electrons. The fourth-order valence-corrected chi connectivity index (χ4v) is 2.30. The van der Waals surface area contributed by atoms with Crippen LogP contribution in [0.3, 0.4) is 0 Å². The summed E-state index contributed by atoms with van der Waals surface area (Å²) < 4.78 is 11.4. The minimum atomic E-state index is 0.251. The van der Waals surface area contributed by atoms with Gasteiger partial charge in [0.25, 0.3) is 0 Å². The molecule has 0 heterocycles. The highest BCUT2D eigenvalue weighted by atomic mass is 16.5. The zero-order valence-electron chi connectivity index (χ0n) is 14.7. The van der Waals surface area contributed by atoms with Crippen molar-refractivity contribution in [1.29, 1.82) is 0 Å². The summed E-state index contributed by atoms with van der Waals surface area (Å²) in [5.41, 5.74) is 1.48. The fraction of sp³-hybridized carbons (Fsp3) is 0.400. The number of rotatable bonds is 11. The molecule has 0 aromatic heterocycles. The number of benzene rings is 2. The van der Waals surface area contributed by atoms with Crippen molar-refractivity contribution in [3.8, 4) is 11.5 Å². The van der Waals surface area contributed by atoms with Crippen molar-refractivity contribution in [3.05, 3.63) is 48.5 Å². The quantitative estimate of drug-likeness (QED) is 0.437. The first-order chi connectivity index (χ1) is 12.3. The number of aliphatic hydroxyl groups is 1. The summed E-state index contributed by atoms with van der Waals surface area (Å²) in [5.74, 6) is 1.43. The van der Waals surface area contributed by atoms with Gasteiger partial charge in [-0.05, 0) is 50.5 Å². The molecule has 5 nitrogen and oxygen atoms in total. The average Bonchev–Trinajstić information content (AvgIpc) is 2.65. The van der Waals surface area contributed by atoms with E-state index in [4.69, 9.17) is 14.6 Å². The van der Waals surface area contributed by atoms with Gasteiger partial charge in [-0.3, -0.25) is 0 Å². The van der Waals surface area contributed by atoms with Crippen LogP contribution in [0.1, 0.15) is 32.6 Å². The number of azo groups is 1. The standard InChI is InChI=1S/C20H26N2O3/c1-2-24-18-12-13-19(22-21-17-10-6-5-7-11-17)20(16-18)25-15-9-4-3-8-14-23/h5-7,10-13,16,23H,2-4,8-9,14-15H2,1H3. The summed E-state index contributed by atoms with van der Waals surface area (Å²) in [5, 5.41) is 17.4. The summed E-state index contributed by atoms with van der Waals surface area (Å²) in [6.07, 6.45) is 3.83. The third kappa shape index (κ3) is 6.93. The lowest BCUT2D eigenvalue weighted by Crippen LogP contribution is -1.99. The lowest BCUT2D eigenvalue weighted by atomic mass is 10.2. The maximum Gasteiger partial charge on any atom is 0.150 e. The van der Waals surface area contributed by atoms with Crippen molar-refractivity contribution in [1.82, 2.24) is 0 Å². The maximum absolute atomic E-state index is 8.80. The molecule has 0 bridgehead atoms. The predicted molar refractivity (Wildman–Crippen MR) is 99.3 cm³/mol. The molecule has 0 fully saturated rings.